The van der Waals surface area contributed by atoms with E-state index >= 15 is 0 Å². The molecule has 0 unspecified atom stereocenters. The summed E-state index contributed by atoms with van der Waals surface area (Å²) in [5.74, 6) is 1.39. The van der Waals surface area contributed by atoms with Crippen molar-refractivity contribution in [2.75, 3.05) is 31.3 Å². The van der Waals surface area contributed by atoms with E-state index in [2.05, 4.69) is 34.5 Å². The second-order valence-corrected chi connectivity index (χ2v) is 6.81. The van der Waals surface area contributed by atoms with Gasteiger partial charge in [-0.1, -0.05) is 24.3 Å². The van der Waals surface area contributed by atoms with Gasteiger partial charge in [-0.2, -0.15) is 0 Å². The monoisotopic (exact) mass is 364 g/mol. The summed E-state index contributed by atoms with van der Waals surface area (Å²) in [5, 5.41) is 2.96. The third-order valence-corrected chi connectivity index (χ3v) is 4.93. The van der Waals surface area contributed by atoms with Crippen LogP contribution < -0.4 is 19.7 Å². The number of anilines is 1. The molecule has 2 heterocycles. The number of benzene rings is 2. The normalized spacial score (nSPS) is 15.0. The van der Waals surface area contributed by atoms with E-state index in [1.165, 1.54) is 17.7 Å². The number of amides is 1. The van der Waals surface area contributed by atoms with E-state index < -0.39 is 0 Å². The maximum absolute atomic E-state index is 12.0. The van der Waals surface area contributed by atoms with E-state index in [0.29, 0.717) is 6.54 Å². The van der Waals surface area contributed by atoms with Crippen LogP contribution in [0.15, 0.2) is 48.5 Å². The first-order valence-corrected chi connectivity index (χ1v) is 9.48. The van der Waals surface area contributed by atoms with Crippen LogP contribution in [-0.2, 0) is 11.2 Å². The lowest BCUT2D eigenvalue weighted by Gasteiger charge is -2.31. The van der Waals surface area contributed by atoms with Crippen LogP contribution in [-0.4, -0.2) is 32.3 Å². The van der Waals surface area contributed by atoms with Crippen molar-refractivity contribution in [3.05, 3.63) is 59.7 Å². The van der Waals surface area contributed by atoms with Crippen molar-refractivity contribution in [2.45, 2.75) is 19.3 Å². The van der Waals surface area contributed by atoms with Gasteiger partial charge in [0.15, 0.2) is 11.5 Å². The fourth-order valence-corrected chi connectivity index (χ4v) is 3.57. The second-order valence-electron chi connectivity index (χ2n) is 6.81. The average Bonchev–Trinajstić information content (AvgIpc) is 3.17. The molecule has 0 spiro atoms. The van der Waals surface area contributed by atoms with Gasteiger partial charge in [-0.3, -0.25) is 4.79 Å². The van der Waals surface area contributed by atoms with Crippen LogP contribution in [0.5, 0.6) is 11.5 Å². The van der Waals surface area contributed by atoms with E-state index in [1.807, 2.05) is 18.2 Å². The SMILES string of the molecule is O=C(/C=C/c1ccc2c(c1)OCO2)NCCCN1CCCc2ccccc21. The Labute approximate surface area is 159 Å². The Morgan fingerprint density at radius 3 is 3.00 bits per heavy atom. The highest BCUT2D eigenvalue weighted by Gasteiger charge is 2.15. The number of carbonyl (C=O) groups is 1. The summed E-state index contributed by atoms with van der Waals surface area (Å²) in [6.45, 7) is 2.98. The molecule has 5 nitrogen and oxygen atoms in total. The number of ether oxygens (including phenoxy) is 2. The van der Waals surface area contributed by atoms with Crippen LogP contribution in [0.25, 0.3) is 6.08 Å². The Bertz CT molecular complexity index is 847. The van der Waals surface area contributed by atoms with Crippen LogP contribution in [0.2, 0.25) is 0 Å². The van der Waals surface area contributed by atoms with Gasteiger partial charge in [-0.05, 0) is 54.7 Å². The Hall–Kier alpha value is -2.95. The molecular weight excluding hydrogens is 340 g/mol. The van der Waals surface area contributed by atoms with Gasteiger partial charge in [0.25, 0.3) is 0 Å². The van der Waals surface area contributed by atoms with Crippen LogP contribution >= 0.6 is 0 Å². The Balaban J connectivity index is 1.22. The summed E-state index contributed by atoms with van der Waals surface area (Å²) < 4.78 is 10.6. The molecular formula is C22H24N2O3. The summed E-state index contributed by atoms with van der Waals surface area (Å²) in [7, 11) is 0. The molecule has 2 aliphatic heterocycles. The molecule has 1 N–H and O–H groups in total. The predicted molar refractivity (Wildman–Crippen MR) is 106 cm³/mol. The number of nitrogens with zero attached hydrogens (tertiary/aromatic N) is 1. The fourth-order valence-electron chi connectivity index (χ4n) is 3.57. The lowest BCUT2D eigenvalue weighted by atomic mass is 10.0. The van der Waals surface area contributed by atoms with Crippen LogP contribution in [0.3, 0.4) is 0 Å². The standard InChI is InChI=1S/C22H24N2O3/c25-22(11-9-17-8-10-20-21(15-17)27-16-26-20)23-12-4-14-24-13-3-6-18-5-1-2-7-19(18)24/h1-2,5,7-11,15H,3-4,6,12-14,16H2,(H,23,25)/b11-9+. The molecule has 0 fully saturated rings. The van der Waals surface area contributed by atoms with Crippen LogP contribution in [0.1, 0.15) is 24.0 Å². The molecule has 0 bridgehead atoms. The number of rotatable bonds is 6. The third kappa shape index (κ3) is 4.25. The number of para-hydroxylation sites is 1. The molecule has 0 atom stereocenters. The van der Waals surface area contributed by atoms with Gasteiger partial charge in [0, 0.05) is 31.4 Å². The molecule has 4 rings (SSSR count). The molecule has 0 saturated carbocycles. The maximum atomic E-state index is 12.0. The molecule has 2 aromatic rings. The predicted octanol–water partition coefficient (Wildman–Crippen LogP) is 3.39. The van der Waals surface area contributed by atoms with Gasteiger partial charge < -0.3 is 19.7 Å². The van der Waals surface area contributed by atoms with Crippen molar-refractivity contribution in [1.82, 2.24) is 5.32 Å². The Morgan fingerprint density at radius 2 is 2.04 bits per heavy atom. The number of hydrogen-bond donors (Lipinski definition) is 1. The average molecular weight is 364 g/mol. The number of fused-ring (bicyclic) bond motifs is 2. The zero-order valence-electron chi connectivity index (χ0n) is 15.3. The van der Waals surface area contributed by atoms with Crippen molar-refractivity contribution < 1.29 is 14.3 Å². The van der Waals surface area contributed by atoms with E-state index in [9.17, 15) is 4.79 Å². The first-order valence-electron chi connectivity index (χ1n) is 9.48. The molecule has 27 heavy (non-hydrogen) atoms. The number of hydrogen-bond acceptors (Lipinski definition) is 4. The molecule has 0 aliphatic carbocycles. The number of nitrogens with one attached hydrogen (secondary N) is 1. The number of carbonyl (C=O) groups excluding carboxylic acids is 1. The topological polar surface area (TPSA) is 50.8 Å². The lowest BCUT2D eigenvalue weighted by molar-refractivity contribution is -0.116. The number of aryl methyl sites for hydroxylation is 1. The van der Waals surface area contributed by atoms with E-state index in [1.54, 1.807) is 12.2 Å². The minimum absolute atomic E-state index is 0.0771. The highest BCUT2D eigenvalue weighted by Crippen LogP contribution is 2.32. The quantitative estimate of drug-likeness (QED) is 0.631. The molecule has 5 heteroatoms. The molecule has 140 valence electrons. The highest BCUT2D eigenvalue weighted by atomic mass is 16.7. The van der Waals surface area contributed by atoms with Crippen molar-refractivity contribution in [3.8, 4) is 11.5 Å². The van der Waals surface area contributed by atoms with Gasteiger partial charge in [-0.25, -0.2) is 0 Å². The largest absolute Gasteiger partial charge is 0.454 e. The Morgan fingerprint density at radius 1 is 1.15 bits per heavy atom. The van der Waals surface area contributed by atoms with Gasteiger partial charge in [0.1, 0.15) is 0 Å². The summed E-state index contributed by atoms with van der Waals surface area (Å²) >= 11 is 0. The van der Waals surface area contributed by atoms with Crippen LogP contribution in [0, 0.1) is 0 Å². The molecule has 0 radical (unpaired) electrons. The first-order chi connectivity index (χ1) is 13.3. The van der Waals surface area contributed by atoms with E-state index in [4.69, 9.17) is 9.47 Å². The summed E-state index contributed by atoms with van der Waals surface area (Å²) in [4.78, 5) is 14.5. The Kier molecular flexibility index (Phi) is 5.28. The van der Waals surface area contributed by atoms with Crippen molar-refractivity contribution in [3.63, 3.8) is 0 Å². The maximum Gasteiger partial charge on any atom is 0.244 e. The summed E-state index contributed by atoms with van der Waals surface area (Å²) in [5.41, 5.74) is 3.69. The molecule has 0 aromatic heterocycles. The van der Waals surface area contributed by atoms with Crippen molar-refractivity contribution in [2.24, 2.45) is 0 Å². The summed E-state index contributed by atoms with van der Waals surface area (Å²) in [6, 6.07) is 14.3. The van der Waals surface area contributed by atoms with Crippen molar-refractivity contribution in [1.29, 1.82) is 0 Å². The van der Waals surface area contributed by atoms with Gasteiger partial charge in [0.05, 0.1) is 0 Å². The highest BCUT2D eigenvalue weighted by molar-refractivity contribution is 5.91. The van der Waals surface area contributed by atoms with Crippen molar-refractivity contribution >= 4 is 17.7 Å². The van der Waals surface area contributed by atoms with Crippen LogP contribution in [0.4, 0.5) is 5.69 Å². The minimum atomic E-state index is -0.0771. The molecule has 2 aromatic carbocycles. The smallest absolute Gasteiger partial charge is 0.244 e. The van der Waals surface area contributed by atoms with E-state index in [-0.39, 0.29) is 12.7 Å². The minimum Gasteiger partial charge on any atom is -0.454 e. The van der Waals surface area contributed by atoms with Gasteiger partial charge in [-0.15, -0.1) is 0 Å². The summed E-state index contributed by atoms with van der Waals surface area (Å²) in [6.07, 6.45) is 6.64. The molecule has 2 aliphatic rings. The lowest BCUT2D eigenvalue weighted by Crippen LogP contribution is -2.32. The zero-order chi connectivity index (χ0) is 18.5. The molecule has 1 amide bonds. The zero-order valence-corrected chi connectivity index (χ0v) is 15.3. The van der Waals surface area contributed by atoms with Gasteiger partial charge in [0.2, 0.25) is 12.7 Å². The molecule has 0 saturated heterocycles. The van der Waals surface area contributed by atoms with Gasteiger partial charge >= 0.3 is 0 Å². The fraction of sp³-hybridized carbons (Fsp3) is 0.318. The first kappa shape index (κ1) is 17.5. The van der Waals surface area contributed by atoms with E-state index in [0.717, 1.165) is 43.0 Å². The third-order valence-electron chi connectivity index (χ3n) is 4.93. The second kappa shape index (κ2) is 8.16.